The van der Waals surface area contributed by atoms with Crippen LogP contribution in [0.4, 0.5) is 17.1 Å². The van der Waals surface area contributed by atoms with Crippen LogP contribution in [0, 0.1) is 0 Å². The number of hydrogen-bond acceptors (Lipinski definition) is 1. The Balaban J connectivity index is 1.11. The molecule has 10 aromatic carbocycles. The fourth-order valence-corrected chi connectivity index (χ4v) is 8.01. The van der Waals surface area contributed by atoms with E-state index in [0.29, 0.717) is 0 Å². The van der Waals surface area contributed by atoms with Crippen molar-refractivity contribution >= 4 is 49.4 Å². The van der Waals surface area contributed by atoms with Crippen LogP contribution in [-0.2, 0) is 0 Å². The number of anilines is 3. The summed E-state index contributed by atoms with van der Waals surface area (Å²) in [4.78, 5) is 2.40. The monoisotopic (exact) mass is 699 g/mol. The van der Waals surface area contributed by atoms with Crippen molar-refractivity contribution in [3.05, 3.63) is 224 Å². The van der Waals surface area contributed by atoms with Gasteiger partial charge in [0, 0.05) is 17.1 Å². The highest BCUT2D eigenvalue weighted by atomic mass is 15.1. The van der Waals surface area contributed by atoms with Gasteiger partial charge in [-0.1, -0.05) is 176 Å². The maximum absolute atomic E-state index is 2.40. The predicted molar refractivity (Wildman–Crippen MR) is 235 cm³/mol. The van der Waals surface area contributed by atoms with Gasteiger partial charge in [0.25, 0.3) is 0 Å². The number of benzene rings is 10. The van der Waals surface area contributed by atoms with E-state index < -0.39 is 0 Å². The van der Waals surface area contributed by atoms with E-state index in [0.717, 1.165) is 17.1 Å². The summed E-state index contributed by atoms with van der Waals surface area (Å²) in [6.45, 7) is 0. The molecule has 0 atom stereocenters. The predicted octanol–water partition coefficient (Wildman–Crippen LogP) is 15.3. The third-order valence-corrected chi connectivity index (χ3v) is 10.8. The smallest absolute Gasteiger partial charge is 0.0468 e. The van der Waals surface area contributed by atoms with Crippen molar-refractivity contribution in [3.8, 4) is 44.5 Å². The number of hydrogen-bond donors (Lipinski definition) is 0. The summed E-state index contributed by atoms with van der Waals surface area (Å²) in [7, 11) is 0. The summed E-state index contributed by atoms with van der Waals surface area (Å²) >= 11 is 0. The van der Waals surface area contributed by atoms with E-state index in [9.17, 15) is 0 Å². The highest BCUT2D eigenvalue weighted by Gasteiger charge is 2.18. The van der Waals surface area contributed by atoms with Gasteiger partial charge in [0.2, 0.25) is 0 Å². The Morgan fingerprint density at radius 1 is 0.218 bits per heavy atom. The zero-order valence-electron chi connectivity index (χ0n) is 30.3. The molecule has 0 spiro atoms. The van der Waals surface area contributed by atoms with Gasteiger partial charge in [0.15, 0.2) is 0 Å². The highest BCUT2D eigenvalue weighted by Crippen LogP contribution is 2.42. The molecule has 10 rings (SSSR count). The Bertz CT molecular complexity index is 2950. The van der Waals surface area contributed by atoms with Gasteiger partial charge in [-0.25, -0.2) is 0 Å². The summed E-state index contributed by atoms with van der Waals surface area (Å²) in [6.07, 6.45) is 0. The van der Waals surface area contributed by atoms with Crippen LogP contribution in [0.15, 0.2) is 224 Å². The molecular weight excluding hydrogens is 663 g/mol. The van der Waals surface area contributed by atoms with Crippen LogP contribution in [0.2, 0.25) is 0 Å². The molecular formula is C54H37N. The van der Waals surface area contributed by atoms with Crippen molar-refractivity contribution in [2.75, 3.05) is 4.90 Å². The van der Waals surface area contributed by atoms with Crippen LogP contribution in [0.1, 0.15) is 0 Å². The van der Waals surface area contributed by atoms with E-state index in [1.807, 2.05) is 0 Å². The number of rotatable bonds is 7. The van der Waals surface area contributed by atoms with Gasteiger partial charge in [-0.2, -0.15) is 0 Å². The second kappa shape index (κ2) is 14.0. The third kappa shape index (κ3) is 6.22. The van der Waals surface area contributed by atoms with Crippen molar-refractivity contribution < 1.29 is 0 Å². The Morgan fingerprint density at radius 3 is 1.35 bits per heavy atom. The van der Waals surface area contributed by atoms with Crippen LogP contribution in [0.25, 0.3) is 76.8 Å². The first-order chi connectivity index (χ1) is 27.2. The summed E-state index contributed by atoms with van der Waals surface area (Å²) < 4.78 is 0. The van der Waals surface area contributed by atoms with Gasteiger partial charge in [0.1, 0.15) is 0 Å². The molecule has 0 amide bonds. The van der Waals surface area contributed by atoms with Crippen molar-refractivity contribution in [2.45, 2.75) is 0 Å². The lowest BCUT2D eigenvalue weighted by atomic mass is 9.93. The fourth-order valence-electron chi connectivity index (χ4n) is 8.01. The topological polar surface area (TPSA) is 3.24 Å². The molecule has 0 N–H and O–H groups in total. The molecule has 0 aromatic heterocycles. The van der Waals surface area contributed by atoms with E-state index in [1.54, 1.807) is 0 Å². The van der Waals surface area contributed by atoms with Gasteiger partial charge < -0.3 is 4.90 Å². The Morgan fingerprint density at radius 2 is 0.673 bits per heavy atom. The lowest BCUT2D eigenvalue weighted by Crippen LogP contribution is -2.10. The van der Waals surface area contributed by atoms with Gasteiger partial charge in [-0.3, -0.25) is 0 Å². The zero-order chi connectivity index (χ0) is 36.6. The molecule has 0 heterocycles. The molecule has 0 aliphatic heterocycles. The third-order valence-electron chi connectivity index (χ3n) is 10.8. The second-order valence-corrected chi connectivity index (χ2v) is 14.2. The first kappa shape index (κ1) is 32.4. The van der Waals surface area contributed by atoms with Gasteiger partial charge in [-0.05, 0) is 125 Å². The van der Waals surface area contributed by atoms with Crippen LogP contribution in [0.3, 0.4) is 0 Å². The standard InChI is InChI=1S/C54H37N/c1-4-12-38(13-5-1)45-24-20-40-21-25-46(35-47(40)34-45)39-26-29-48(30-27-39)55(49-31-28-44-23-22-43-18-10-11-19-51(43)54(44)36-49)50-32-33-52(41-14-6-2-7-15-41)53(37-50)42-16-8-3-9-17-42/h1-37H. The van der Waals surface area contributed by atoms with Crippen molar-refractivity contribution in [3.63, 3.8) is 0 Å². The average Bonchev–Trinajstić information content (AvgIpc) is 3.27. The summed E-state index contributed by atoms with van der Waals surface area (Å²) in [5.74, 6) is 0. The molecule has 0 saturated carbocycles. The lowest BCUT2D eigenvalue weighted by Gasteiger charge is -2.27. The van der Waals surface area contributed by atoms with Gasteiger partial charge >= 0.3 is 0 Å². The minimum absolute atomic E-state index is 1.10. The minimum Gasteiger partial charge on any atom is -0.310 e. The first-order valence-electron chi connectivity index (χ1n) is 18.9. The van der Waals surface area contributed by atoms with Crippen LogP contribution in [-0.4, -0.2) is 0 Å². The summed E-state index contributed by atoms with van der Waals surface area (Å²) in [6, 6.07) is 81.5. The molecule has 1 heteroatoms. The maximum Gasteiger partial charge on any atom is 0.0468 e. The molecule has 0 aliphatic rings. The number of fused-ring (bicyclic) bond motifs is 4. The minimum atomic E-state index is 1.10. The Kier molecular flexibility index (Phi) is 8.24. The van der Waals surface area contributed by atoms with Gasteiger partial charge in [-0.15, -0.1) is 0 Å². The van der Waals surface area contributed by atoms with Crippen LogP contribution >= 0.6 is 0 Å². The molecule has 0 fully saturated rings. The Hall–Kier alpha value is -7.22. The molecule has 0 unspecified atom stereocenters. The van der Waals surface area contributed by atoms with E-state index in [-0.39, 0.29) is 0 Å². The molecule has 1 nitrogen and oxygen atoms in total. The van der Waals surface area contributed by atoms with E-state index in [2.05, 4.69) is 229 Å². The summed E-state index contributed by atoms with van der Waals surface area (Å²) in [5, 5.41) is 7.45. The van der Waals surface area contributed by atoms with Crippen molar-refractivity contribution in [1.82, 2.24) is 0 Å². The van der Waals surface area contributed by atoms with Gasteiger partial charge in [0.05, 0.1) is 0 Å². The zero-order valence-corrected chi connectivity index (χ0v) is 30.3. The molecule has 10 aromatic rings. The molecule has 0 bridgehead atoms. The first-order valence-corrected chi connectivity index (χ1v) is 18.9. The molecule has 55 heavy (non-hydrogen) atoms. The molecule has 0 aliphatic carbocycles. The van der Waals surface area contributed by atoms with Crippen LogP contribution < -0.4 is 4.90 Å². The quantitative estimate of drug-likeness (QED) is 0.150. The fraction of sp³-hybridized carbons (Fsp3) is 0. The largest absolute Gasteiger partial charge is 0.310 e. The SMILES string of the molecule is c1ccc(-c2ccc3ccc(-c4ccc(N(c5ccc(-c6ccccc6)c(-c6ccccc6)c5)c5ccc6ccc7ccccc7c6c5)cc4)cc3c2)cc1. The second-order valence-electron chi connectivity index (χ2n) is 14.2. The van der Waals surface area contributed by atoms with E-state index >= 15 is 0 Å². The van der Waals surface area contributed by atoms with E-state index in [4.69, 9.17) is 0 Å². The average molecular weight is 700 g/mol. The number of nitrogens with zero attached hydrogens (tertiary/aromatic N) is 1. The Labute approximate surface area is 322 Å². The highest BCUT2D eigenvalue weighted by molar-refractivity contribution is 6.09. The normalized spacial score (nSPS) is 11.3. The maximum atomic E-state index is 2.40. The van der Waals surface area contributed by atoms with Crippen molar-refractivity contribution in [1.29, 1.82) is 0 Å². The van der Waals surface area contributed by atoms with Crippen LogP contribution in [0.5, 0.6) is 0 Å². The van der Waals surface area contributed by atoms with E-state index in [1.165, 1.54) is 76.8 Å². The molecule has 258 valence electrons. The molecule has 0 saturated heterocycles. The van der Waals surface area contributed by atoms with Crippen molar-refractivity contribution in [2.24, 2.45) is 0 Å². The lowest BCUT2D eigenvalue weighted by molar-refractivity contribution is 1.29. The molecule has 0 radical (unpaired) electrons. The summed E-state index contributed by atoms with van der Waals surface area (Å²) in [5.41, 5.74) is 13.0.